The minimum Gasteiger partial charge on any atom is -0.494 e. The monoisotopic (exact) mass is 372 g/mol. The average molecular weight is 372 g/mol. The van der Waals surface area contributed by atoms with Crippen LogP contribution in [0.15, 0.2) is 42.6 Å². The van der Waals surface area contributed by atoms with Gasteiger partial charge in [0.25, 0.3) is 0 Å². The minimum atomic E-state index is -0.422. The Morgan fingerprint density at radius 1 is 1.21 bits per heavy atom. The molecule has 0 atom stereocenters. The number of fused-ring (bicyclic) bond motifs is 2. The number of halogens is 1. The summed E-state index contributed by atoms with van der Waals surface area (Å²) in [6.07, 6.45) is 5.02. The van der Waals surface area contributed by atoms with Crippen LogP contribution in [0, 0.1) is 17.1 Å². The molecule has 0 saturated heterocycles. The molecule has 1 aliphatic carbocycles. The lowest BCUT2D eigenvalue weighted by molar-refractivity contribution is 0.283. The van der Waals surface area contributed by atoms with Crippen molar-refractivity contribution < 1.29 is 9.50 Å². The van der Waals surface area contributed by atoms with Gasteiger partial charge in [0.1, 0.15) is 5.82 Å². The van der Waals surface area contributed by atoms with Crippen LogP contribution in [-0.4, -0.2) is 14.7 Å². The predicted octanol–water partition coefficient (Wildman–Crippen LogP) is 4.88. The van der Waals surface area contributed by atoms with Crippen LogP contribution in [0.5, 0.6) is 5.88 Å². The van der Waals surface area contributed by atoms with Gasteiger partial charge in [0.15, 0.2) is 0 Å². The van der Waals surface area contributed by atoms with Gasteiger partial charge >= 0.3 is 0 Å². The standard InChI is InChI=1S/C22H17FN4O/c23-13-8-7-12(10-24)17(9-13)15-5-2-6-16-20(25)19-18(26-21(15)16)11-27(22(19)28)14-3-1-4-14/h2,5-9,11,14,28H,1,3-4,25H2. The van der Waals surface area contributed by atoms with Crippen LogP contribution in [0.2, 0.25) is 0 Å². The Kier molecular flexibility index (Phi) is 3.53. The van der Waals surface area contributed by atoms with Crippen molar-refractivity contribution >= 4 is 27.5 Å². The fourth-order valence-corrected chi connectivity index (χ4v) is 3.98. The third kappa shape index (κ3) is 2.26. The normalized spacial score (nSPS) is 14.3. The fraction of sp³-hybridized carbons (Fsp3) is 0.182. The van der Waals surface area contributed by atoms with Crippen molar-refractivity contribution in [3.8, 4) is 23.1 Å². The smallest absolute Gasteiger partial charge is 0.203 e. The molecular formula is C22H17FN4O. The van der Waals surface area contributed by atoms with Crippen LogP contribution in [-0.2, 0) is 0 Å². The second kappa shape index (κ2) is 5.96. The molecule has 2 aromatic heterocycles. The number of aromatic nitrogens is 2. The van der Waals surface area contributed by atoms with Crippen LogP contribution in [0.3, 0.4) is 0 Å². The second-order valence-electron chi connectivity index (χ2n) is 7.23. The Labute approximate surface area is 160 Å². The summed E-state index contributed by atoms with van der Waals surface area (Å²) >= 11 is 0. The molecule has 5 rings (SSSR count). The first-order valence-electron chi connectivity index (χ1n) is 9.20. The quantitative estimate of drug-likeness (QED) is 0.525. The molecule has 6 heteroatoms. The molecule has 2 aromatic carbocycles. The number of aromatic hydroxyl groups is 1. The van der Waals surface area contributed by atoms with Gasteiger partial charge in [-0.2, -0.15) is 5.26 Å². The van der Waals surface area contributed by atoms with E-state index >= 15 is 0 Å². The summed E-state index contributed by atoms with van der Waals surface area (Å²) in [5.41, 5.74) is 9.51. The number of hydrogen-bond acceptors (Lipinski definition) is 4. The molecule has 1 fully saturated rings. The summed E-state index contributed by atoms with van der Waals surface area (Å²) in [6.45, 7) is 0. The van der Waals surface area contributed by atoms with Gasteiger partial charge in [-0.3, -0.25) is 0 Å². The number of nitrogens with zero attached hydrogens (tertiary/aromatic N) is 3. The first-order valence-corrected chi connectivity index (χ1v) is 9.20. The van der Waals surface area contributed by atoms with Crippen molar-refractivity contribution in [2.75, 3.05) is 5.73 Å². The molecule has 0 radical (unpaired) electrons. The SMILES string of the molecule is N#Cc1ccc(F)cc1-c1cccc2c(N)c3c(O)n(C4CCC4)cc3nc12. The Balaban J connectivity index is 1.84. The Morgan fingerprint density at radius 3 is 2.75 bits per heavy atom. The number of nitriles is 1. The zero-order valence-corrected chi connectivity index (χ0v) is 15.0. The number of nitrogen functional groups attached to an aromatic ring is 1. The summed E-state index contributed by atoms with van der Waals surface area (Å²) in [5.74, 6) is -0.283. The zero-order chi connectivity index (χ0) is 19.4. The number of anilines is 1. The molecule has 138 valence electrons. The Bertz CT molecular complexity index is 1300. The van der Waals surface area contributed by atoms with Gasteiger partial charge in [0.05, 0.1) is 33.7 Å². The molecule has 1 aliphatic rings. The largest absolute Gasteiger partial charge is 0.494 e. The van der Waals surface area contributed by atoms with E-state index in [1.54, 1.807) is 12.1 Å². The molecule has 4 aromatic rings. The van der Waals surface area contributed by atoms with E-state index in [1.807, 2.05) is 16.8 Å². The van der Waals surface area contributed by atoms with Gasteiger partial charge in [-0.05, 0) is 37.5 Å². The summed E-state index contributed by atoms with van der Waals surface area (Å²) in [4.78, 5) is 4.75. The molecule has 1 saturated carbocycles. The van der Waals surface area contributed by atoms with Crippen LogP contribution in [0.1, 0.15) is 30.9 Å². The van der Waals surface area contributed by atoms with E-state index in [0.29, 0.717) is 44.2 Å². The van der Waals surface area contributed by atoms with Crippen molar-refractivity contribution in [1.29, 1.82) is 5.26 Å². The van der Waals surface area contributed by atoms with Crippen molar-refractivity contribution in [3.63, 3.8) is 0 Å². The van der Waals surface area contributed by atoms with Gasteiger partial charge in [-0.25, -0.2) is 9.37 Å². The summed E-state index contributed by atoms with van der Waals surface area (Å²) in [6, 6.07) is 11.9. The molecule has 28 heavy (non-hydrogen) atoms. The van der Waals surface area contributed by atoms with Gasteiger partial charge in [0, 0.05) is 28.8 Å². The van der Waals surface area contributed by atoms with E-state index in [2.05, 4.69) is 6.07 Å². The highest BCUT2D eigenvalue weighted by atomic mass is 19.1. The van der Waals surface area contributed by atoms with Crippen molar-refractivity contribution in [2.45, 2.75) is 25.3 Å². The highest BCUT2D eigenvalue weighted by molar-refractivity contribution is 6.12. The minimum absolute atomic E-state index is 0.139. The molecule has 3 N–H and O–H groups in total. The van der Waals surface area contributed by atoms with Gasteiger partial charge in [-0.1, -0.05) is 18.2 Å². The van der Waals surface area contributed by atoms with E-state index in [9.17, 15) is 14.8 Å². The van der Waals surface area contributed by atoms with Crippen LogP contribution in [0.25, 0.3) is 32.9 Å². The number of benzene rings is 2. The van der Waals surface area contributed by atoms with Crippen molar-refractivity contribution in [2.24, 2.45) is 0 Å². The third-order valence-corrected chi connectivity index (χ3v) is 5.67. The van der Waals surface area contributed by atoms with Crippen molar-refractivity contribution in [1.82, 2.24) is 9.55 Å². The number of para-hydroxylation sites is 1. The number of pyridine rings is 1. The van der Waals surface area contributed by atoms with E-state index < -0.39 is 5.82 Å². The maximum absolute atomic E-state index is 13.9. The topological polar surface area (TPSA) is 87.9 Å². The Morgan fingerprint density at radius 2 is 2.04 bits per heavy atom. The Hall–Kier alpha value is -3.59. The number of rotatable bonds is 2. The average Bonchev–Trinajstić information content (AvgIpc) is 2.96. The maximum atomic E-state index is 13.9. The van der Waals surface area contributed by atoms with Crippen LogP contribution >= 0.6 is 0 Å². The van der Waals surface area contributed by atoms with E-state index in [4.69, 9.17) is 10.7 Å². The highest BCUT2D eigenvalue weighted by Gasteiger charge is 2.25. The number of hydrogen-bond donors (Lipinski definition) is 2. The maximum Gasteiger partial charge on any atom is 0.203 e. The van der Waals surface area contributed by atoms with Gasteiger partial charge < -0.3 is 15.4 Å². The van der Waals surface area contributed by atoms with Gasteiger partial charge in [-0.15, -0.1) is 0 Å². The lowest BCUT2D eigenvalue weighted by Crippen LogP contribution is -2.15. The summed E-state index contributed by atoms with van der Waals surface area (Å²) in [5, 5.41) is 21.4. The summed E-state index contributed by atoms with van der Waals surface area (Å²) < 4.78 is 15.7. The van der Waals surface area contributed by atoms with Gasteiger partial charge in [0.2, 0.25) is 5.88 Å². The summed E-state index contributed by atoms with van der Waals surface area (Å²) in [7, 11) is 0. The molecule has 0 spiro atoms. The van der Waals surface area contributed by atoms with E-state index in [-0.39, 0.29) is 11.9 Å². The molecule has 0 amide bonds. The fourth-order valence-electron chi connectivity index (χ4n) is 3.98. The van der Waals surface area contributed by atoms with Crippen molar-refractivity contribution in [3.05, 3.63) is 54.0 Å². The predicted molar refractivity (Wildman–Crippen MR) is 106 cm³/mol. The molecule has 0 bridgehead atoms. The lowest BCUT2D eigenvalue weighted by Gasteiger charge is -2.27. The molecular weight excluding hydrogens is 355 g/mol. The van der Waals surface area contributed by atoms with Crippen LogP contribution in [0.4, 0.5) is 10.1 Å². The first kappa shape index (κ1) is 16.6. The number of nitrogens with two attached hydrogens (primary N) is 1. The third-order valence-electron chi connectivity index (χ3n) is 5.67. The molecule has 0 aliphatic heterocycles. The van der Waals surface area contributed by atoms with E-state index in [1.165, 1.54) is 18.2 Å². The zero-order valence-electron chi connectivity index (χ0n) is 15.0. The second-order valence-corrected chi connectivity index (χ2v) is 7.23. The molecule has 2 heterocycles. The van der Waals surface area contributed by atoms with E-state index in [0.717, 1.165) is 19.3 Å². The molecule has 5 nitrogen and oxygen atoms in total. The highest BCUT2D eigenvalue weighted by Crippen LogP contribution is 2.43. The molecule has 0 unspecified atom stereocenters. The lowest BCUT2D eigenvalue weighted by atomic mass is 9.93. The first-order chi connectivity index (χ1) is 13.6. The van der Waals surface area contributed by atoms with Crippen LogP contribution < -0.4 is 5.73 Å².